The minimum atomic E-state index is 0.101. The molecule has 120 valence electrons. The number of aliphatic hydroxyl groups is 1. The molecule has 2 rings (SSSR count). The number of aliphatic hydroxyl groups excluding tert-OH is 1. The van der Waals surface area contributed by atoms with E-state index in [2.05, 4.69) is 10.4 Å². The Bertz CT molecular complexity index is 596. The van der Waals surface area contributed by atoms with Gasteiger partial charge < -0.3 is 15.2 Å². The third kappa shape index (κ3) is 4.47. The quantitative estimate of drug-likeness (QED) is 0.732. The Morgan fingerprint density at radius 3 is 2.68 bits per heavy atom. The van der Waals surface area contributed by atoms with E-state index in [9.17, 15) is 0 Å². The molecule has 1 heterocycles. The zero-order valence-electron chi connectivity index (χ0n) is 13.0. The van der Waals surface area contributed by atoms with E-state index in [4.69, 9.17) is 21.4 Å². The van der Waals surface area contributed by atoms with Crippen LogP contribution in [-0.2, 0) is 13.1 Å². The third-order valence-corrected chi connectivity index (χ3v) is 3.76. The molecule has 0 spiro atoms. The number of hydrogen-bond donors (Lipinski definition) is 2. The average Bonchev–Trinajstić information content (AvgIpc) is 2.76. The summed E-state index contributed by atoms with van der Waals surface area (Å²) in [6.07, 6.45) is 0. The van der Waals surface area contributed by atoms with Gasteiger partial charge in [0.2, 0.25) is 0 Å². The Morgan fingerprint density at radius 2 is 2.00 bits per heavy atom. The van der Waals surface area contributed by atoms with Crippen molar-refractivity contribution in [3.8, 4) is 5.75 Å². The van der Waals surface area contributed by atoms with Crippen LogP contribution in [0, 0.1) is 13.8 Å². The van der Waals surface area contributed by atoms with Gasteiger partial charge in [-0.2, -0.15) is 5.10 Å². The number of nitrogens with zero attached hydrogens (tertiary/aromatic N) is 2. The van der Waals surface area contributed by atoms with Gasteiger partial charge in [0.05, 0.1) is 18.8 Å². The Morgan fingerprint density at radius 1 is 1.27 bits per heavy atom. The van der Waals surface area contributed by atoms with E-state index < -0.39 is 0 Å². The van der Waals surface area contributed by atoms with Gasteiger partial charge in [0.25, 0.3) is 0 Å². The molecule has 2 N–H and O–H groups in total. The molecule has 0 saturated heterocycles. The Hall–Kier alpha value is -1.56. The van der Waals surface area contributed by atoms with Crippen LogP contribution in [0.1, 0.15) is 17.0 Å². The van der Waals surface area contributed by atoms with Gasteiger partial charge in [0.15, 0.2) is 0 Å². The second kappa shape index (κ2) is 8.17. The standard InChI is InChI=1S/C16H22ClN3O2/c1-12-16(13(2)20(19-12)8-9-21)11-18-7-10-22-15-5-3-14(17)4-6-15/h3-6,18,21H,7-11H2,1-2H3. The first-order valence-corrected chi connectivity index (χ1v) is 7.72. The Kier molecular flexibility index (Phi) is 6.24. The first kappa shape index (κ1) is 16.8. The number of nitrogens with one attached hydrogen (secondary N) is 1. The van der Waals surface area contributed by atoms with Gasteiger partial charge in [-0.3, -0.25) is 4.68 Å². The fourth-order valence-corrected chi connectivity index (χ4v) is 2.41. The summed E-state index contributed by atoms with van der Waals surface area (Å²) in [5, 5.41) is 17.5. The van der Waals surface area contributed by atoms with Crippen LogP contribution in [0.2, 0.25) is 5.02 Å². The van der Waals surface area contributed by atoms with Crippen molar-refractivity contribution in [2.45, 2.75) is 26.9 Å². The van der Waals surface area contributed by atoms with Crippen molar-refractivity contribution in [3.63, 3.8) is 0 Å². The molecule has 0 aliphatic heterocycles. The third-order valence-electron chi connectivity index (χ3n) is 3.51. The van der Waals surface area contributed by atoms with Gasteiger partial charge >= 0.3 is 0 Å². The molecule has 0 amide bonds. The number of halogens is 1. The van der Waals surface area contributed by atoms with Crippen molar-refractivity contribution in [2.75, 3.05) is 19.8 Å². The van der Waals surface area contributed by atoms with Gasteiger partial charge in [0, 0.05) is 29.4 Å². The maximum absolute atomic E-state index is 9.01. The van der Waals surface area contributed by atoms with Crippen molar-refractivity contribution in [3.05, 3.63) is 46.2 Å². The van der Waals surface area contributed by atoms with Crippen molar-refractivity contribution in [1.82, 2.24) is 15.1 Å². The van der Waals surface area contributed by atoms with E-state index in [0.29, 0.717) is 18.2 Å². The highest BCUT2D eigenvalue weighted by Crippen LogP contribution is 2.15. The van der Waals surface area contributed by atoms with Crippen LogP contribution >= 0.6 is 11.6 Å². The van der Waals surface area contributed by atoms with E-state index in [0.717, 1.165) is 30.2 Å². The smallest absolute Gasteiger partial charge is 0.119 e. The molecule has 0 radical (unpaired) electrons. The van der Waals surface area contributed by atoms with E-state index in [1.54, 1.807) is 0 Å². The lowest BCUT2D eigenvalue weighted by Gasteiger charge is -2.08. The topological polar surface area (TPSA) is 59.3 Å². The summed E-state index contributed by atoms with van der Waals surface area (Å²) < 4.78 is 7.47. The molecule has 1 aromatic heterocycles. The summed E-state index contributed by atoms with van der Waals surface area (Å²) in [6.45, 7) is 6.72. The van der Waals surface area contributed by atoms with Crippen LogP contribution in [0.3, 0.4) is 0 Å². The molecule has 6 heteroatoms. The van der Waals surface area contributed by atoms with E-state index in [1.807, 2.05) is 42.8 Å². The van der Waals surface area contributed by atoms with Crippen molar-refractivity contribution in [1.29, 1.82) is 0 Å². The monoisotopic (exact) mass is 323 g/mol. The fraction of sp³-hybridized carbons (Fsp3) is 0.438. The number of aromatic nitrogens is 2. The SMILES string of the molecule is Cc1nn(CCO)c(C)c1CNCCOc1ccc(Cl)cc1. The number of benzene rings is 1. The first-order chi connectivity index (χ1) is 10.6. The molecule has 0 unspecified atom stereocenters. The molecule has 0 bridgehead atoms. The van der Waals surface area contributed by atoms with E-state index in [-0.39, 0.29) is 6.61 Å². The number of rotatable bonds is 8. The second-order valence-corrected chi connectivity index (χ2v) is 5.51. The summed E-state index contributed by atoms with van der Waals surface area (Å²) in [7, 11) is 0. The van der Waals surface area contributed by atoms with Crippen LogP contribution in [-0.4, -0.2) is 34.6 Å². The normalized spacial score (nSPS) is 10.9. The maximum atomic E-state index is 9.01. The zero-order valence-corrected chi connectivity index (χ0v) is 13.7. The van der Waals surface area contributed by atoms with Crippen LogP contribution in [0.25, 0.3) is 0 Å². The van der Waals surface area contributed by atoms with Crippen LogP contribution in [0.5, 0.6) is 5.75 Å². The molecule has 22 heavy (non-hydrogen) atoms. The van der Waals surface area contributed by atoms with Crippen molar-refractivity contribution >= 4 is 11.6 Å². The molecule has 0 saturated carbocycles. The zero-order chi connectivity index (χ0) is 15.9. The maximum Gasteiger partial charge on any atom is 0.119 e. The predicted molar refractivity (Wildman–Crippen MR) is 87.4 cm³/mol. The van der Waals surface area contributed by atoms with Crippen LogP contribution in [0.4, 0.5) is 0 Å². The molecule has 0 aliphatic carbocycles. The molecular weight excluding hydrogens is 302 g/mol. The van der Waals surface area contributed by atoms with Gasteiger partial charge in [-0.1, -0.05) is 11.6 Å². The Labute approximate surface area is 135 Å². The highest BCUT2D eigenvalue weighted by Gasteiger charge is 2.10. The van der Waals surface area contributed by atoms with Crippen LogP contribution < -0.4 is 10.1 Å². The molecular formula is C16H22ClN3O2. The number of ether oxygens (including phenoxy) is 1. The molecule has 0 atom stereocenters. The molecule has 2 aromatic rings. The second-order valence-electron chi connectivity index (χ2n) is 5.08. The van der Waals surface area contributed by atoms with Gasteiger partial charge in [-0.25, -0.2) is 0 Å². The summed E-state index contributed by atoms with van der Waals surface area (Å²) in [5.41, 5.74) is 3.27. The van der Waals surface area contributed by atoms with Gasteiger partial charge in [0.1, 0.15) is 12.4 Å². The lowest BCUT2D eigenvalue weighted by molar-refractivity contribution is 0.267. The van der Waals surface area contributed by atoms with Crippen molar-refractivity contribution in [2.24, 2.45) is 0 Å². The highest BCUT2D eigenvalue weighted by atomic mass is 35.5. The lowest BCUT2D eigenvalue weighted by atomic mass is 10.2. The Balaban J connectivity index is 1.76. The molecule has 0 aliphatic rings. The summed E-state index contributed by atoms with van der Waals surface area (Å²) in [6, 6.07) is 7.34. The number of hydrogen-bond acceptors (Lipinski definition) is 4. The minimum Gasteiger partial charge on any atom is -0.492 e. The number of aryl methyl sites for hydroxylation is 1. The van der Waals surface area contributed by atoms with Gasteiger partial charge in [-0.15, -0.1) is 0 Å². The predicted octanol–water partition coefficient (Wildman–Crippen LogP) is 2.31. The molecule has 1 aromatic carbocycles. The molecule has 0 fully saturated rings. The molecule has 5 nitrogen and oxygen atoms in total. The lowest BCUT2D eigenvalue weighted by Crippen LogP contribution is -2.21. The van der Waals surface area contributed by atoms with Gasteiger partial charge in [-0.05, 0) is 38.1 Å². The first-order valence-electron chi connectivity index (χ1n) is 7.34. The van der Waals surface area contributed by atoms with E-state index >= 15 is 0 Å². The highest BCUT2D eigenvalue weighted by molar-refractivity contribution is 6.30. The average molecular weight is 324 g/mol. The van der Waals surface area contributed by atoms with Crippen LogP contribution in [0.15, 0.2) is 24.3 Å². The fourth-order valence-electron chi connectivity index (χ4n) is 2.29. The largest absolute Gasteiger partial charge is 0.492 e. The van der Waals surface area contributed by atoms with Crippen molar-refractivity contribution < 1.29 is 9.84 Å². The summed E-state index contributed by atoms with van der Waals surface area (Å²) >= 11 is 5.83. The minimum absolute atomic E-state index is 0.101. The summed E-state index contributed by atoms with van der Waals surface area (Å²) in [4.78, 5) is 0. The summed E-state index contributed by atoms with van der Waals surface area (Å²) in [5.74, 6) is 0.814. The van der Waals surface area contributed by atoms with E-state index in [1.165, 1.54) is 5.56 Å².